The summed E-state index contributed by atoms with van der Waals surface area (Å²) in [7, 11) is -3.89. The van der Waals surface area contributed by atoms with Crippen molar-refractivity contribution in [1.29, 1.82) is 0 Å². The minimum atomic E-state index is -3.89. The Morgan fingerprint density at radius 1 is 0.875 bits per heavy atom. The summed E-state index contributed by atoms with van der Waals surface area (Å²) < 4.78 is 33.8. The SMILES string of the molecule is CCOc1ccc(-c2cc(C(=O)Nc3ccc(S(=O)(=O)Nc4cc(C)nc(C)n4)cc3)c3ccccc3n2)cc1. The normalized spacial score (nSPS) is 11.3. The van der Waals surface area contributed by atoms with E-state index in [2.05, 4.69) is 20.0 Å². The Morgan fingerprint density at radius 3 is 2.30 bits per heavy atom. The van der Waals surface area contributed by atoms with Crippen LogP contribution in [0.5, 0.6) is 5.75 Å². The average molecular weight is 554 g/mol. The van der Waals surface area contributed by atoms with Crippen LogP contribution in [0, 0.1) is 13.8 Å². The van der Waals surface area contributed by atoms with Gasteiger partial charge in [0.05, 0.1) is 28.3 Å². The lowest BCUT2D eigenvalue weighted by Gasteiger charge is -2.12. The number of sulfonamides is 1. The summed E-state index contributed by atoms with van der Waals surface area (Å²) in [5, 5.41) is 3.58. The molecule has 0 spiro atoms. The predicted octanol–water partition coefficient (Wildman–Crippen LogP) is 5.76. The molecule has 40 heavy (non-hydrogen) atoms. The van der Waals surface area contributed by atoms with Gasteiger partial charge in [0.25, 0.3) is 15.9 Å². The quantitative estimate of drug-likeness (QED) is 0.250. The number of benzene rings is 3. The summed E-state index contributed by atoms with van der Waals surface area (Å²) >= 11 is 0. The van der Waals surface area contributed by atoms with Gasteiger partial charge in [-0.25, -0.2) is 23.4 Å². The maximum absolute atomic E-state index is 13.4. The largest absolute Gasteiger partial charge is 0.494 e. The first kappa shape index (κ1) is 26.8. The van der Waals surface area contributed by atoms with Crippen molar-refractivity contribution in [2.75, 3.05) is 16.6 Å². The predicted molar refractivity (Wildman–Crippen MR) is 155 cm³/mol. The molecule has 2 heterocycles. The van der Waals surface area contributed by atoms with Crippen LogP contribution in [0.2, 0.25) is 0 Å². The highest BCUT2D eigenvalue weighted by Crippen LogP contribution is 2.27. The number of ether oxygens (including phenoxy) is 1. The van der Waals surface area contributed by atoms with Gasteiger partial charge in [-0.05, 0) is 81.4 Å². The molecule has 10 heteroatoms. The molecule has 0 bridgehead atoms. The van der Waals surface area contributed by atoms with E-state index in [1.807, 2.05) is 55.5 Å². The van der Waals surface area contributed by atoms with Crippen LogP contribution in [0.25, 0.3) is 22.2 Å². The average Bonchev–Trinajstić information content (AvgIpc) is 2.92. The summed E-state index contributed by atoms with van der Waals surface area (Å²) in [4.78, 5) is 26.5. The fourth-order valence-electron chi connectivity index (χ4n) is 4.28. The standard InChI is InChI=1S/C30H27N5O4S/c1-4-39-23-13-9-21(10-14-23)28-18-26(25-7-5-6-8-27(25)34-28)30(36)33-22-11-15-24(16-12-22)40(37,38)35-29-17-19(2)31-20(3)32-29/h5-18H,4H2,1-3H3,(H,33,36)(H,31,32,35). The number of pyridine rings is 1. The monoisotopic (exact) mass is 553 g/mol. The molecule has 0 aliphatic heterocycles. The third kappa shape index (κ3) is 5.92. The molecular weight excluding hydrogens is 526 g/mol. The lowest BCUT2D eigenvalue weighted by atomic mass is 10.0. The molecule has 0 radical (unpaired) electrons. The summed E-state index contributed by atoms with van der Waals surface area (Å²) in [5.74, 6) is 1.07. The van der Waals surface area contributed by atoms with E-state index in [1.54, 1.807) is 38.1 Å². The van der Waals surface area contributed by atoms with Crippen LogP contribution in [0.4, 0.5) is 11.5 Å². The Morgan fingerprint density at radius 2 is 1.60 bits per heavy atom. The van der Waals surface area contributed by atoms with Crippen LogP contribution < -0.4 is 14.8 Å². The number of amides is 1. The number of rotatable bonds is 8. The second-order valence-corrected chi connectivity index (χ2v) is 10.7. The van der Waals surface area contributed by atoms with Crippen molar-refractivity contribution < 1.29 is 17.9 Å². The van der Waals surface area contributed by atoms with Crippen molar-refractivity contribution in [3.63, 3.8) is 0 Å². The Labute approximate surface area is 232 Å². The molecule has 1 amide bonds. The fraction of sp³-hybridized carbons (Fsp3) is 0.133. The van der Waals surface area contributed by atoms with Crippen molar-refractivity contribution in [1.82, 2.24) is 15.0 Å². The lowest BCUT2D eigenvalue weighted by Crippen LogP contribution is -2.15. The van der Waals surface area contributed by atoms with Gasteiger partial charge >= 0.3 is 0 Å². The van der Waals surface area contributed by atoms with Crippen molar-refractivity contribution in [2.45, 2.75) is 25.7 Å². The van der Waals surface area contributed by atoms with Crippen LogP contribution in [-0.4, -0.2) is 35.9 Å². The summed E-state index contributed by atoms with van der Waals surface area (Å²) in [6, 6.07) is 24.2. The minimum Gasteiger partial charge on any atom is -0.494 e. The Hall–Kier alpha value is -4.83. The molecule has 0 saturated carbocycles. The second kappa shape index (κ2) is 11.1. The molecule has 0 saturated heterocycles. The number of anilines is 2. The number of nitrogens with one attached hydrogen (secondary N) is 2. The van der Waals surface area contributed by atoms with E-state index >= 15 is 0 Å². The van der Waals surface area contributed by atoms with Gasteiger partial charge in [-0.2, -0.15) is 0 Å². The van der Waals surface area contributed by atoms with Crippen LogP contribution >= 0.6 is 0 Å². The summed E-state index contributed by atoms with van der Waals surface area (Å²) in [6.45, 7) is 5.95. The number of aryl methyl sites for hydroxylation is 2. The molecule has 0 aliphatic rings. The highest BCUT2D eigenvalue weighted by molar-refractivity contribution is 7.92. The van der Waals surface area contributed by atoms with E-state index < -0.39 is 10.0 Å². The highest BCUT2D eigenvalue weighted by Gasteiger charge is 2.17. The van der Waals surface area contributed by atoms with Crippen LogP contribution in [0.3, 0.4) is 0 Å². The van der Waals surface area contributed by atoms with E-state index in [0.29, 0.717) is 46.0 Å². The molecule has 0 fully saturated rings. The fourth-order valence-corrected chi connectivity index (χ4v) is 5.27. The van der Waals surface area contributed by atoms with Gasteiger partial charge in [0, 0.05) is 28.4 Å². The van der Waals surface area contributed by atoms with Gasteiger partial charge in [0.15, 0.2) is 0 Å². The van der Waals surface area contributed by atoms with Crippen molar-refractivity contribution >= 4 is 38.3 Å². The van der Waals surface area contributed by atoms with Gasteiger partial charge in [-0.15, -0.1) is 0 Å². The van der Waals surface area contributed by atoms with Crippen molar-refractivity contribution in [3.05, 3.63) is 102 Å². The smallest absolute Gasteiger partial charge is 0.263 e. The number of nitrogens with zero attached hydrogens (tertiary/aromatic N) is 3. The molecule has 5 aromatic rings. The van der Waals surface area contributed by atoms with Crippen molar-refractivity contribution in [2.24, 2.45) is 0 Å². The number of aromatic nitrogens is 3. The van der Waals surface area contributed by atoms with Gasteiger partial charge in [0.1, 0.15) is 17.4 Å². The number of carbonyl (C=O) groups excluding carboxylic acids is 1. The van der Waals surface area contributed by atoms with Gasteiger partial charge < -0.3 is 10.1 Å². The lowest BCUT2D eigenvalue weighted by molar-refractivity contribution is 0.102. The van der Waals surface area contributed by atoms with Gasteiger partial charge in [-0.1, -0.05) is 18.2 Å². The first-order chi connectivity index (χ1) is 19.2. The zero-order chi connectivity index (χ0) is 28.3. The molecule has 2 N–H and O–H groups in total. The van der Waals surface area contributed by atoms with Crippen LogP contribution in [0.15, 0.2) is 89.8 Å². The number of para-hydroxylation sites is 1. The first-order valence-corrected chi connectivity index (χ1v) is 14.1. The third-order valence-electron chi connectivity index (χ3n) is 6.05. The zero-order valence-corrected chi connectivity index (χ0v) is 23.0. The Bertz CT molecular complexity index is 1790. The molecular formula is C30H27N5O4S. The molecule has 2 aromatic heterocycles. The van der Waals surface area contributed by atoms with Gasteiger partial charge in [-0.3, -0.25) is 9.52 Å². The second-order valence-electron chi connectivity index (χ2n) is 9.06. The molecule has 202 valence electrons. The zero-order valence-electron chi connectivity index (χ0n) is 22.2. The molecule has 0 unspecified atom stereocenters. The molecule has 0 aliphatic carbocycles. The maximum atomic E-state index is 13.4. The maximum Gasteiger partial charge on any atom is 0.263 e. The summed E-state index contributed by atoms with van der Waals surface area (Å²) in [5.41, 5.74) is 3.72. The Balaban J connectivity index is 1.39. The van der Waals surface area contributed by atoms with Gasteiger partial charge in [0.2, 0.25) is 0 Å². The van der Waals surface area contributed by atoms with E-state index in [0.717, 1.165) is 11.3 Å². The topological polar surface area (TPSA) is 123 Å². The third-order valence-corrected chi connectivity index (χ3v) is 7.42. The van der Waals surface area contributed by atoms with E-state index in [-0.39, 0.29) is 16.6 Å². The first-order valence-electron chi connectivity index (χ1n) is 12.6. The van der Waals surface area contributed by atoms with E-state index in [9.17, 15) is 13.2 Å². The van der Waals surface area contributed by atoms with Crippen LogP contribution in [0.1, 0.15) is 28.8 Å². The van der Waals surface area contributed by atoms with Crippen LogP contribution in [-0.2, 0) is 10.0 Å². The molecule has 0 atom stereocenters. The number of hydrogen-bond acceptors (Lipinski definition) is 7. The minimum absolute atomic E-state index is 0.0339. The number of fused-ring (bicyclic) bond motifs is 1. The molecule has 3 aromatic carbocycles. The summed E-state index contributed by atoms with van der Waals surface area (Å²) in [6.07, 6.45) is 0. The number of carbonyl (C=O) groups is 1. The van der Waals surface area contributed by atoms with E-state index in [4.69, 9.17) is 9.72 Å². The van der Waals surface area contributed by atoms with Crippen molar-refractivity contribution in [3.8, 4) is 17.0 Å². The molecule has 9 nitrogen and oxygen atoms in total. The molecule has 5 rings (SSSR count). The number of hydrogen-bond donors (Lipinski definition) is 2. The Kier molecular flexibility index (Phi) is 7.43. The highest BCUT2D eigenvalue weighted by atomic mass is 32.2. The van der Waals surface area contributed by atoms with E-state index in [1.165, 1.54) is 12.1 Å².